The summed E-state index contributed by atoms with van der Waals surface area (Å²) in [6.07, 6.45) is 4.81. The Hall–Kier alpha value is -2.41. The molecule has 21 heavy (non-hydrogen) atoms. The van der Waals surface area contributed by atoms with Crippen LogP contribution in [0, 0.1) is 6.92 Å². The first-order valence-electron chi connectivity index (χ1n) is 6.44. The number of carbonyl (C=O) groups is 1. The third-order valence-corrected chi connectivity index (χ3v) is 3.78. The first-order valence-corrected chi connectivity index (χ1v) is 7.32. The molecule has 108 valence electrons. The van der Waals surface area contributed by atoms with Gasteiger partial charge in [-0.3, -0.25) is 4.79 Å². The quantitative estimate of drug-likeness (QED) is 0.776. The van der Waals surface area contributed by atoms with Crippen LogP contribution in [-0.4, -0.2) is 20.9 Å². The van der Waals surface area contributed by atoms with E-state index in [0.29, 0.717) is 17.1 Å². The predicted molar refractivity (Wildman–Crippen MR) is 79.0 cm³/mol. The number of amides is 1. The van der Waals surface area contributed by atoms with Crippen LogP contribution in [0.5, 0.6) is 0 Å². The van der Waals surface area contributed by atoms with Gasteiger partial charge in [0, 0.05) is 17.8 Å². The summed E-state index contributed by atoms with van der Waals surface area (Å²) in [7, 11) is 0. The van der Waals surface area contributed by atoms with Gasteiger partial charge in [0.05, 0.1) is 16.6 Å². The lowest BCUT2D eigenvalue weighted by molar-refractivity contribution is 0.0938. The lowest BCUT2D eigenvalue weighted by atomic mass is 10.2. The molecule has 0 aliphatic carbocycles. The highest BCUT2D eigenvalue weighted by atomic mass is 32.1. The second-order valence-electron chi connectivity index (χ2n) is 4.62. The second-order valence-corrected chi connectivity index (χ2v) is 5.68. The fourth-order valence-corrected chi connectivity index (χ4v) is 2.53. The maximum atomic E-state index is 12.2. The van der Waals surface area contributed by atoms with Crippen molar-refractivity contribution in [2.45, 2.75) is 19.9 Å². The van der Waals surface area contributed by atoms with Crippen molar-refractivity contribution in [1.29, 1.82) is 0 Å². The van der Waals surface area contributed by atoms with Crippen LogP contribution >= 0.6 is 11.3 Å². The molecular formula is C14H14N4O2S. The number of carbonyl (C=O) groups excluding carboxylic acids is 1. The van der Waals surface area contributed by atoms with Crippen LogP contribution in [0.1, 0.15) is 34.2 Å². The summed E-state index contributed by atoms with van der Waals surface area (Å²) in [5.41, 5.74) is 1.21. The van der Waals surface area contributed by atoms with Crippen LogP contribution in [0.15, 0.2) is 34.5 Å². The zero-order chi connectivity index (χ0) is 14.8. The zero-order valence-electron chi connectivity index (χ0n) is 11.6. The van der Waals surface area contributed by atoms with Crippen LogP contribution in [0.25, 0.3) is 11.5 Å². The average molecular weight is 302 g/mol. The molecule has 3 rings (SSSR count). The maximum Gasteiger partial charge on any atom is 0.255 e. The normalized spacial score (nSPS) is 12.3. The van der Waals surface area contributed by atoms with E-state index in [9.17, 15) is 4.79 Å². The molecule has 2 N–H and O–H groups in total. The number of aromatic nitrogens is 3. The van der Waals surface area contributed by atoms with Crippen LogP contribution in [0.3, 0.4) is 0 Å². The second kappa shape index (κ2) is 5.53. The molecule has 0 saturated heterocycles. The van der Waals surface area contributed by atoms with Gasteiger partial charge < -0.3 is 14.7 Å². The topological polar surface area (TPSA) is 83.8 Å². The highest BCUT2D eigenvalue weighted by Gasteiger charge is 2.16. The first-order chi connectivity index (χ1) is 10.1. The summed E-state index contributed by atoms with van der Waals surface area (Å²) in [5.74, 6) is 1.10. The molecule has 0 aliphatic rings. The Labute approximate surface area is 125 Å². The molecule has 3 heterocycles. The molecule has 0 spiro atoms. The van der Waals surface area contributed by atoms with Gasteiger partial charge in [0.2, 0.25) is 0 Å². The third-order valence-electron chi connectivity index (χ3n) is 3.01. The molecule has 0 aromatic carbocycles. The smallest absolute Gasteiger partial charge is 0.255 e. The van der Waals surface area contributed by atoms with E-state index >= 15 is 0 Å². The van der Waals surface area contributed by atoms with E-state index in [1.165, 1.54) is 6.26 Å². The number of hydrogen-bond donors (Lipinski definition) is 2. The van der Waals surface area contributed by atoms with Crippen LogP contribution in [0.2, 0.25) is 0 Å². The Balaban J connectivity index is 1.72. The minimum absolute atomic E-state index is 0.202. The van der Waals surface area contributed by atoms with E-state index in [4.69, 9.17) is 4.42 Å². The Kier molecular flexibility index (Phi) is 3.57. The van der Waals surface area contributed by atoms with Gasteiger partial charge in [-0.15, -0.1) is 11.3 Å². The molecule has 6 nitrogen and oxygen atoms in total. The minimum atomic E-state index is -0.208. The van der Waals surface area contributed by atoms with Gasteiger partial charge in [0.1, 0.15) is 17.8 Å². The molecule has 1 amide bonds. The molecule has 0 radical (unpaired) electrons. The summed E-state index contributed by atoms with van der Waals surface area (Å²) < 4.78 is 5.42. The van der Waals surface area contributed by atoms with Gasteiger partial charge >= 0.3 is 0 Å². The predicted octanol–water partition coefficient (Wildman–Crippen LogP) is 2.93. The molecular weight excluding hydrogens is 288 g/mol. The number of aromatic amines is 1. The highest BCUT2D eigenvalue weighted by molar-refractivity contribution is 7.09. The monoisotopic (exact) mass is 302 g/mol. The number of nitrogens with one attached hydrogen (secondary N) is 2. The Morgan fingerprint density at radius 3 is 3.05 bits per heavy atom. The van der Waals surface area contributed by atoms with Crippen molar-refractivity contribution in [3.8, 4) is 11.5 Å². The van der Waals surface area contributed by atoms with Crippen molar-refractivity contribution in [1.82, 2.24) is 20.3 Å². The number of furan rings is 1. The number of aryl methyl sites for hydroxylation is 1. The number of rotatable bonds is 4. The minimum Gasteiger partial charge on any atom is -0.462 e. The zero-order valence-corrected chi connectivity index (χ0v) is 12.4. The molecule has 0 unspecified atom stereocenters. The Bertz CT molecular complexity index is 745. The van der Waals surface area contributed by atoms with Gasteiger partial charge in [-0.05, 0) is 19.9 Å². The number of imidazole rings is 1. The average Bonchev–Trinajstić information content (AvgIpc) is 3.19. The fourth-order valence-electron chi connectivity index (χ4n) is 1.93. The van der Waals surface area contributed by atoms with Gasteiger partial charge in [-0.2, -0.15) is 0 Å². The van der Waals surface area contributed by atoms with E-state index in [1.54, 1.807) is 29.8 Å². The van der Waals surface area contributed by atoms with Crippen molar-refractivity contribution in [2.24, 2.45) is 0 Å². The van der Waals surface area contributed by atoms with Crippen molar-refractivity contribution in [2.75, 3.05) is 0 Å². The molecule has 3 aromatic rings. The van der Waals surface area contributed by atoms with E-state index in [0.717, 1.165) is 10.7 Å². The van der Waals surface area contributed by atoms with Crippen molar-refractivity contribution < 1.29 is 9.21 Å². The fraction of sp³-hybridized carbons (Fsp3) is 0.214. The standard InChI is InChI=1S/C14H14N4O2S/c1-8(13-15-3-4-16-13)17-14(19)10-5-12(20-6-10)11-7-21-9(2)18-11/h3-8H,1-2H3,(H,15,16)(H,17,19)/t8-/m1/s1. The molecule has 0 saturated carbocycles. The van der Waals surface area contributed by atoms with E-state index < -0.39 is 0 Å². The number of H-pyrrole nitrogens is 1. The molecule has 0 aliphatic heterocycles. The molecule has 1 atom stereocenters. The van der Waals surface area contributed by atoms with Crippen LogP contribution in [0.4, 0.5) is 0 Å². The summed E-state index contributed by atoms with van der Waals surface area (Å²) >= 11 is 1.54. The summed E-state index contributed by atoms with van der Waals surface area (Å²) in [5, 5.41) is 5.72. The van der Waals surface area contributed by atoms with Gasteiger partial charge in [-0.25, -0.2) is 9.97 Å². The number of nitrogens with zero attached hydrogens (tertiary/aromatic N) is 2. The van der Waals surface area contributed by atoms with Gasteiger partial charge in [-0.1, -0.05) is 0 Å². The summed E-state index contributed by atoms with van der Waals surface area (Å²) in [6.45, 7) is 3.79. The van der Waals surface area contributed by atoms with Crippen molar-refractivity contribution >= 4 is 17.2 Å². The third kappa shape index (κ3) is 2.87. The van der Waals surface area contributed by atoms with Crippen molar-refractivity contribution in [3.63, 3.8) is 0 Å². The van der Waals surface area contributed by atoms with Gasteiger partial charge in [0.15, 0.2) is 5.76 Å². The largest absolute Gasteiger partial charge is 0.462 e. The first kappa shape index (κ1) is 13.6. The molecule has 0 fully saturated rings. The van der Waals surface area contributed by atoms with E-state index in [-0.39, 0.29) is 11.9 Å². The number of hydrogen-bond acceptors (Lipinski definition) is 5. The molecule has 0 bridgehead atoms. The summed E-state index contributed by atoms with van der Waals surface area (Å²) in [6, 6.07) is 1.49. The molecule has 3 aromatic heterocycles. The summed E-state index contributed by atoms with van der Waals surface area (Å²) in [4.78, 5) is 23.6. The van der Waals surface area contributed by atoms with Crippen molar-refractivity contribution in [3.05, 3.63) is 46.5 Å². The van der Waals surface area contributed by atoms with E-state index in [1.807, 2.05) is 19.2 Å². The Morgan fingerprint density at radius 1 is 1.52 bits per heavy atom. The Morgan fingerprint density at radius 2 is 2.38 bits per heavy atom. The van der Waals surface area contributed by atoms with Crippen LogP contribution < -0.4 is 5.32 Å². The SMILES string of the molecule is Cc1nc(-c2cc(C(=O)N[C@H](C)c3ncc[nH]3)co2)cs1. The maximum absolute atomic E-state index is 12.2. The van der Waals surface area contributed by atoms with E-state index in [2.05, 4.69) is 20.3 Å². The lowest BCUT2D eigenvalue weighted by Gasteiger charge is -2.09. The van der Waals surface area contributed by atoms with Crippen LogP contribution in [-0.2, 0) is 0 Å². The number of thiazole rings is 1. The highest BCUT2D eigenvalue weighted by Crippen LogP contribution is 2.24. The van der Waals surface area contributed by atoms with Gasteiger partial charge in [0.25, 0.3) is 5.91 Å². The molecule has 7 heteroatoms. The lowest BCUT2D eigenvalue weighted by Crippen LogP contribution is -2.26.